The maximum absolute atomic E-state index is 10.2. The summed E-state index contributed by atoms with van der Waals surface area (Å²) in [5, 5.41) is 21.9. The van der Waals surface area contributed by atoms with E-state index in [0.29, 0.717) is 22.4 Å². The van der Waals surface area contributed by atoms with Crippen molar-refractivity contribution in [2.24, 2.45) is 0 Å². The SMILES string of the molecule is CC(C)c1nc(CO)n(CC(C)(C)O)c1Sc1cc(Cl)cc(Cl)c1. The molecule has 7 heteroatoms. The Labute approximate surface area is 156 Å². The quantitative estimate of drug-likeness (QED) is 0.750. The summed E-state index contributed by atoms with van der Waals surface area (Å²) in [6.07, 6.45) is 0. The maximum Gasteiger partial charge on any atom is 0.135 e. The average Bonchev–Trinajstić information content (AvgIpc) is 2.74. The van der Waals surface area contributed by atoms with Crippen molar-refractivity contribution in [1.82, 2.24) is 9.55 Å². The molecule has 1 aromatic heterocycles. The second kappa shape index (κ2) is 7.67. The molecule has 2 N–H and O–H groups in total. The minimum atomic E-state index is -0.930. The lowest BCUT2D eigenvalue weighted by molar-refractivity contribution is 0.0569. The van der Waals surface area contributed by atoms with Crippen LogP contribution in [0.15, 0.2) is 28.1 Å². The molecule has 132 valence electrons. The Morgan fingerprint density at radius 3 is 2.25 bits per heavy atom. The maximum atomic E-state index is 10.2. The smallest absolute Gasteiger partial charge is 0.135 e. The lowest BCUT2D eigenvalue weighted by Crippen LogP contribution is -2.27. The Balaban J connectivity index is 2.54. The van der Waals surface area contributed by atoms with E-state index in [0.717, 1.165) is 15.6 Å². The van der Waals surface area contributed by atoms with Crippen LogP contribution in [-0.2, 0) is 13.2 Å². The lowest BCUT2D eigenvalue weighted by atomic mass is 10.1. The summed E-state index contributed by atoms with van der Waals surface area (Å²) in [6.45, 7) is 7.70. The van der Waals surface area contributed by atoms with Crippen LogP contribution in [0.4, 0.5) is 0 Å². The molecule has 2 rings (SSSR count). The number of rotatable bonds is 6. The van der Waals surface area contributed by atoms with Crippen LogP contribution in [0.2, 0.25) is 10.0 Å². The third kappa shape index (κ3) is 4.90. The van der Waals surface area contributed by atoms with Gasteiger partial charge in [-0.25, -0.2) is 4.98 Å². The molecule has 0 aliphatic rings. The second-order valence-electron chi connectivity index (χ2n) is 6.64. The minimum absolute atomic E-state index is 0.176. The number of aromatic nitrogens is 2. The van der Waals surface area contributed by atoms with Gasteiger partial charge in [-0.3, -0.25) is 0 Å². The number of imidazole rings is 1. The Morgan fingerprint density at radius 1 is 1.21 bits per heavy atom. The highest BCUT2D eigenvalue weighted by atomic mass is 35.5. The molecular formula is C17H22Cl2N2O2S. The Morgan fingerprint density at radius 2 is 1.79 bits per heavy atom. The Bertz CT molecular complexity index is 704. The summed E-state index contributed by atoms with van der Waals surface area (Å²) in [6, 6.07) is 5.36. The standard InChI is InChI=1S/C17H22Cl2N2O2S/c1-10(2)15-16(24-13-6-11(18)5-12(19)7-13)21(9-17(3,4)23)14(8-22)20-15/h5-7,10,22-23H,8-9H2,1-4H3. The first-order valence-corrected chi connectivity index (χ1v) is 9.24. The molecule has 0 saturated heterocycles. The number of halogens is 2. The first-order chi connectivity index (χ1) is 11.1. The van der Waals surface area contributed by atoms with Gasteiger partial charge in [0.05, 0.1) is 17.8 Å². The number of aliphatic hydroxyl groups is 2. The monoisotopic (exact) mass is 388 g/mol. The molecule has 0 aliphatic heterocycles. The van der Waals surface area contributed by atoms with Gasteiger partial charge in [0.2, 0.25) is 0 Å². The van der Waals surface area contributed by atoms with Gasteiger partial charge < -0.3 is 14.8 Å². The van der Waals surface area contributed by atoms with E-state index >= 15 is 0 Å². The first kappa shape index (κ1) is 19.6. The third-order valence-corrected chi connectivity index (χ3v) is 4.84. The zero-order valence-electron chi connectivity index (χ0n) is 14.2. The van der Waals surface area contributed by atoms with E-state index in [1.165, 1.54) is 11.8 Å². The normalized spacial score (nSPS) is 12.2. The van der Waals surface area contributed by atoms with Crippen LogP contribution >= 0.6 is 35.0 Å². The van der Waals surface area contributed by atoms with Gasteiger partial charge >= 0.3 is 0 Å². The summed E-state index contributed by atoms with van der Waals surface area (Å²) in [7, 11) is 0. The number of hydrogen-bond donors (Lipinski definition) is 2. The van der Waals surface area contributed by atoms with Crippen molar-refractivity contribution in [2.75, 3.05) is 0 Å². The molecule has 0 saturated carbocycles. The highest BCUT2D eigenvalue weighted by molar-refractivity contribution is 7.99. The largest absolute Gasteiger partial charge is 0.389 e. The molecule has 1 aromatic carbocycles. The second-order valence-corrected chi connectivity index (χ2v) is 8.57. The number of aliphatic hydroxyl groups excluding tert-OH is 1. The molecule has 0 radical (unpaired) electrons. The van der Waals surface area contributed by atoms with Crippen LogP contribution in [0.3, 0.4) is 0 Å². The van der Waals surface area contributed by atoms with Crippen molar-refractivity contribution in [3.05, 3.63) is 39.8 Å². The van der Waals surface area contributed by atoms with Crippen molar-refractivity contribution in [3.63, 3.8) is 0 Å². The fourth-order valence-corrected chi connectivity index (χ4v) is 4.27. The van der Waals surface area contributed by atoms with E-state index in [9.17, 15) is 10.2 Å². The fourth-order valence-electron chi connectivity index (χ4n) is 2.36. The number of hydrogen-bond acceptors (Lipinski definition) is 4. The first-order valence-electron chi connectivity index (χ1n) is 7.67. The van der Waals surface area contributed by atoms with Gasteiger partial charge in [0.25, 0.3) is 0 Å². The third-order valence-electron chi connectivity index (χ3n) is 3.31. The molecule has 2 aromatic rings. The van der Waals surface area contributed by atoms with Crippen LogP contribution in [-0.4, -0.2) is 25.4 Å². The summed E-state index contributed by atoms with van der Waals surface area (Å²) in [4.78, 5) is 5.45. The van der Waals surface area contributed by atoms with Gasteiger partial charge in [-0.2, -0.15) is 0 Å². The molecule has 0 fully saturated rings. The van der Waals surface area contributed by atoms with Crippen LogP contribution in [0.5, 0.6) is 0 Å². The summed E-state index contributed by atoms with van der Waals surface area (Å²) in [5.74, 6) is 0.715. The van der Waals surface area contributed by atoms with Gasteiger partial charge in [-0.05, 0) is 38.0 Å². The molecule has 0 amide bonds. The van der Waals surface area contributed by atoms with Crippen molar-refractivity contribution in [3.8, 4) is 0 Å². The molecule has 0 bridgehead atoms. The Kier molecular flexibility index (Phi) is 6.26. The van der Waals surface area contributed by atoms with E-state index in [1.807, 2.05) is 30.5 Å². The van der Waals surface area contributed by atoms with E-state index in [-0.39, 0.29) is 12.5 Å². The van der Waals surface area contributed by atoms with E-state index in [4.69, 9.17) is 23.2 Å². The molecule has 0 atom stereocenters. The predicted octanol–water partition coefficient (Wildman–Crippen LogP) is 4.73. The van der Waals surface area contributed by atoms with Gasteiger partial charge in [-0.15, -0.1) is 0 Å². The highest BCUT2D eigenvalue weighted by Gasteiger charge is 2.24. The van der Waals surface area contributed by atoms with Crippen LogP contribution in [0.25, 0.3) is 0 Å². The topological polar surface area (TPSA) is 58.3 Å². The van der Waals surface area contributed by atoms with Crippen molar-refractivity contribution >= 4 is 35.0 Å². The fraction of sp³-hybridized carbons (Fsp3) is 0.471. The van der Waals surface area contributed by atoms with Crippen molar-refractivity contribution in [1.29, 1.82) is 0 Å². The van der Waals surface area contributed by atoms with Gasteiger partial charge in [0.15, 0.2) is 0 Å². The number of nitrogens with zero attached hydrogens (tertiary/aromatic N) is 2. The average molecular weight is 389 g/mol. The summed E-state index contributed by atoms with van der Waals surface area (Å²) < 4.78 is 1.87. The lowest BCUT2D eigenvalue weighted by Gasteiger charge is -2.21. The van der Waals surface area contributed by atoms with Gasteiger partial charge in [-0.1, -0.05) is 48.8 Å². The van der Waals surface area contributed by atoms with E-state index in [2.05, 4.69) is 4.98 Å². The van der Waals surface area contributed by atoms with E-state index < -0.39 is 5.60 Å². The van der Waals surface area contributed by atoms with Gasteiger partial charge in [0, 0.05) is 14.9 Å². The molecular weight excluding hydrogens is 367 g/mol. The molecule has 1 heterocycles. The van der Waals surface area contributed by atoms with Crippen LogP contribution in [0, 0.1) is 0 Å². The molecule has 0 unspecified atom stereocenters. The molecule has 24 heavy (non-hydrogen) atoms. The molecule has 0 spiro atoms. The minimum Gasteiger partial charge on any atom is -0.389 e. The predicted molar refractivity (Wildman–Crippen MR) is 99.1 cm³/mol. The van der Waals surface area contributed by atoms with Crippen LogP contribution in [0.1, 0.15) is 45.1 Å². The number of benzene rings is 1. The van der Waals surface area contributed by atoms with Crippen molar-refractivity contribution in [2.45, 2.75) is 62.3 Å². The van der Waals surface area contributed by atoms with Gasteiger partial charge in [0.1, 0.15) is 17.5 Å². The summed E-state index contributed by atoms with van der Waals surface area (Å²) in [5.41, 5.74) is -0.0513. The zero-order chi connectivity index (χ0) is 18.1. The summed E-state index contributed by atoms with van der Waals surface area (Å²) >= 11 is 13.7. The zero-order valence-corrected chi connectivity index (χ0v) is 16.5. The highest BCUT2D eigenvalue weighted by Crippen LogP contribution is 2.37. The van der Waals surface area contributed by atoms with E-state index in [1.54, 1.807) is 19.9 Å². The Hall–Kier alpha value is -0.720. The van der Waals surface area contributed by atoms with Crippen LogP contribution < -0.4 is 0 Å². The molecule has 4 nitrogen and oxygen atoms in total. The van der Waals surface area contributed by atoms with Crippen molar-refractivity contribution < 1.29 is 10.2 Å². The molecule has 0 aliphatic carbocycles.